The minimum atomic E-state index is 0.279. The molecule has 0 radical (unpaired) electrons. The van der Waals surface area contributed by atoms with Crippen LogP contribution in [-0.4, -0.2) is 31.8 Å². The lowest BCUT2D eigenvalue weighted by molar-refractivity contribution is 0.118. The van der Waals surface area contributed by atoms with E-state index < -0.39 is 0 Å². The Hall–Kier alpha value is -0.770. The van der Waals surface area contributed by atoms with Crippen molar-refractivity contribution in [1.82, 2.24) is 5.32 Å². The number of hydrogen-bond donors (Lipinski definition) is 1. The molecule has 1 fully saturated rings. The van der Waals surface area contributed by atoms with E-state index in [1.165, 1.54) is 11.3 Å². The van der Waals surface area contributed by atoms with Gasteiger partial charge in [0, 0.05) is 37.0 Å². The summed E-state index contributed by atoms with van der Waals surface area (Å²) in [5.41, 5.74) is 2.48. The average Bonchev–Trinajstić information content (AvgIpc) is 2.82. The highest BCUT2D eigenvalue weighted by Gasteiger charge is 2.28. The lowest BCUT2D eigenvalue weighted by Gasteiger charge is -2.31. The first kappa shape index (κ1) is 15.6. The van der Waals surface area contributed by atoms with Crippen LogP contribution in [0.1, 0.15) is 32.8 Å². The Labute approximate surface area is 127 Å². The largest absolute Gasteiger partial charge is 0.376 e. The number of halogens is 1. The van der Waals surface area contributed by atoms with Gasteiger partial charge in [-0.3, -0.25) is 0 Å². The molecule has 2 unspecified atom stereocenters. The van der Waals surface area contributed by atoms with Crippen molar-refractivity contribution >= 4 is 17.3 Å². The standard InChI is InChI=1S/C16H25ClN2O/c1-11(2)18-10-13-9-14(17)5-6-16(13)19(4)15-7-8-20-12(15)3/h5-6,9,11-12,15,18H,7-8,10H2,1-4H3. The molecule has 2 atom stereocenters. The van der Waals surface area contributed by atoms with E-state index in [2.05, 4.69) is 50.2 Å². The molecule has 1 aliphatic heterocycles. The quantitative estimate of drug-likeness (QED) is 0.901. The van der Waals surface area contributed by atoms with Gasteiger partial charge < -0.3 is 15.0 Å². The zero-order valence-electron chi connectivity index (χ0n) is 12.8. The van der Waals surface area contributed by atoms with Crippen LogP contribution in [0.4, 0.5) is 5.69 Å². The molecule has 0 aliphatic carbocycles. The Bertz CT molecular complexity index is 450. The van der Waals surface area contributed by atoms with Crippen molar-refractivity contribution in [3.63, 3.8) is 0 Å². The number of hydrogen-bond acceptors (Lipinski definition) is 3. The molecule has 20 heavy (non-hydrogen) atoms. The molecule has 1 aliphatic rings. The zero-order valence-corrected chi connectivity index (χ0v) is 13.6. The summed E-state index contributed by atoms with van der Waals surface area (Å²) in [5, 5.41) is 4.26. The van der Waals surface area contributed by atoms with Crippen LogP contribution in [0.2, 0.25) is 5.02 Å². The van der Waals surface area contributed by atoms with E-state index in [9.17, 15) is 0 Å². The van der Waals surface area contributed by atoms with E-state index >= 15 is 0 Å². The lowest BCUT2D eigenvalue weighted by atomic mass is 10.1. The van der Waals surface area contributed by atoms with Gasteiger partial charge in [0.2, 0.25) is 0 Å². The highest BCUT2D eigenvalue weighted by atomic mass is 35.5. The van der Waals surface area contributed by atoms with Crippen LogP contribution in [0.15, 0.2) is 18.2 Å². The van der Waals surface area contributed by atoms with Gasteiger partial charge in [-0.2, -0.15) is 0 Å². The van der Waals surface area contributed by atoms with Crippen molar-refractivity contribution in [3.8, 4) is 0 Å². The Kier molecular flexibility index (Phi) is 5.30. The van der Waals surface area contributed by atoms with Crippen LogP contribution < -0.4 is 10.2 Å². The fraction of sp³-hybridized carbons (Fsp3) is 0.625. The fourth-order valence-electron chi connectivity index (χ4n) is 2.76. The van der Waals surface area contributed by atoms with Crippen molar-refractivity contribution in [3.05, 3.63) is 28.8 Å². The van der Waals surface area contributed by atoms with E-state index in [-0.39, 0.29) is 6.10 Å². The third kappa shape index (κ3) is 3.66. The maximum Gasteiger partial charge on any atom is 0.0750 e. The van der Waals surface area contributed by atoms with Crippen LogP contribution >= 0.6 is 11.6 Å². The molecule has 1 N–H and O–H groups in total. The van der Waals surface area contributed by atoms with Crippen LogP contribution in [-0.2, 0) is 11.3 Å². The second kappa shape index (κ2) is 6.79. The van der Waals surface area contributed by atoms with Gasteiger partial charge in [0.05, 0.1) is 12.1 Å². The maximum atomic E-state index is 6.15. The van der Waals surface area contributed by atoms with Gasteiger partial charge in [0.1, 0.15) is 0 Å². The van der Waals surface area contributed by atoms with Gasteiger partial charge in [-0.05, 0) is 37.1 Å². The summed E-state index contributed by atoms with van der Waals surface area (Å²) < 4.78 is 5.69. The molecular weight excluding hydrogens is 272 g/mol. The summed E-state index contributed by atoms with van der Waals surface area (Å²) in [6.45, 7) is 8.14. The lowest BCUT2D eigenvalue weighted by Crippen LogP contribution is -2.37. The first-order valence-electron chi connectivity index (χ1n) is 7.35. The van der Waals surface area contributed by atoms with Crippen molar-refractivity contribution in [2.24, 2.45) is 0 Å². The van der Waals surface area contributed by atoms with Gasteiger partial charge in [-0.1, -0.05) is 25.4 Å². The van der Waals surface area contributed by atoms with Crippen molar-refractivity contribution < 1.29 is 4.74 Å². The number of nitrogens with one attached hydrogen (secondary N) is 1. The van der Waals surface area contributed by atoms with E-state index in [0.717, 1.165) is 24.6 Å². The number of rotatable bonds is 5. The molecule has 1 aromatic carbocycles. The molecule has 0 amide bonds. The Balaban J connectivity index is 2.20. The van der Waals surface area contributed by atoms with Gasteiger partial charge in [-0.25, -0.2) is 0 Å². The first-order chi connectivity index (χ1) is 9.49. The zero-order chi connectivity index (χ0) is 14.7. The van der Waals surface area contributed by atoms with Gasteiger partial charge in [0.25, 0.3) is 0 Å². The molecule has 1 saturated heterocycles. The second-order valence-corrected chi connectivity index (χ2v) is 6.29. The van der Waals surface area contributed by atoms with Gasteiger partial charge in [0.15, 0.2) is 0 Å². The smallest absolute Gasteiger partial charge is 0.0750 e. The summed E-state index contributed by atoms with van der Waals surface area (Å²) in [7, 11) is 2.15. The summed E-state index contributed by atoms with van der Waals surface area (Å²) in [6, 6.07) is 7.04. The fourth-order valence-corrected chi connectivity index (χ4v) is 2.96. The minimum absolute atomic E-state index is 0.279. The molecule has 112 valence electrons. The van der Waals surface area contributed by atoms with Crippen LogP contribution in [0.5, 0.6) is 0 Å². The molecule has 0 aromatic heterocycles. The normalized spacial score (nSPS) is 22.5. The van der Waals surface area contributed by atoms with E-state index in [1.54, 1.807) is 0 Å². The molecule has 1 aromatic rings. The first-order valence-corrected chi connectivity index (χ1v) is 7.73. The minimum Gasteiger partial charge on any atom is -0.376 e. The molecule has 3 nitrogen and oxygen atoms in total. The maximum absolute atomic E-state index is 6.15. The molecule has 4 heteroatoms. The highest BCUT2D eigenvalue weighted by molar-refractivity contribution is 6.30. The highest BCUT2D eigenvalue weighted by Crippen LogP contribution is 2.29. The number of likely N-dealkylation sites (N-methyl/N-ethyl adjacent to an activating group) is 1. The van der Waals surface area contributed by atoms with E-state index in [4.69, 9.17) is 16.3 Å². The molecule has 1 heterocycles. The second-order valence-electron chi connectivity index (χ2n) is 5.85. The monoisotopic (exact) mass is 296 g/mol. The van der Waals surface area contributed by atoms with Crippen molar-refractivity contribution in [2.75, 3.05) is 18.6 Å². The number of ether oxygens (including phenoxy) is 1. The average molecular weight is 297 g/mol. The molecule has 2 rings (SSSR count). The summed E-state index contributed by atoms with van der Waals surface area (Å²) in [6.07, 6.45) is 1.36. The SMILES string of the molecule is CC(C)NCc1cc(Cl)ccc1N(C)C1CCOC1C. The number of benzene rings is 1. The summed E-state index contributed by atoms with van der Waals surface area (Å²) in [5.74, 6) is 0. The molecular formula is C16H25ClN2O. The van der Waals surface area contributed by atoms with E-state index in [0.29, 0.717) is 12.1 Å². The Morgan fingerprint density at radius 2 is 2.20 bits per heavy atom. The van der Waals surface area contributed by atoms with Crippen LogP contribution in [0.3, 0.4) is 0 Å². The van der Waals surface area contributed by atoms with Crippen molar-refractivity contribution in [1.29, 1.82) is 0 Å². The third-order valence-corrected chi connectivity index (χ3v) is 4.19. The number of nitrogens with zero attached hydrogens (tertiary/aromatic N) is 1. The predicted molar refractivity (Wildman–Crippen MR) is 85.6 cm³/mol. The predicted octanol–water partition coefficient (Wildman–Crippen LogP) is 3.45. The van der Waals surface area contributed by atoms with Crippen LogP contribution in [0, 0.1) is 0 Å². The Morgan fingerprint density at radius 1 is 1.45 bits per heavy atom. The summed E-state index contributed by atoms with van der Waals surface area (Å²) in [4.78, 5) is 2.34. The number of anilines is 1. The van der Waals surface area contributed by atoms with Crippen LogP contribution in [0.25, 0.3) is 0 Å². The third-order valence-electron chi connectivity index (χ3n) is 3.96. The van der Waals surface area contributed by atoms with Crippen molar-refractivity contribution in [2.45, 2.75) is 51.9 Å². The van der Waals surface area contributed by atoms with Gasteiger partial charge >= 0.3 is 0 Å². The topological polar surface area (TPSA) is 24.5 Å². The summed E-state index contributed by atoms with van der Waals surface area (Å²) >= 11 is 6.15. The molecule has 0 saturated carbocycles. The Morgan fingerprint density at radius 3 is 2.80 bits per heavy atom. The van der Waals surface area contributed by atoms with Gasteiger partial charge in [-0.15, -0.1) is 0 Å². The van der Waals surface area contributed by atoms with E-state index in [1.807, 2.05) is 6.07 Å². The molecule has 0 bridgehead atoms. The molecule has 0 spiro atoms.